The Morgan fingerprint density at radius 3 is 2.30 bits per heavy atom. The number of hydrogen-bond donors (Lipinski definition) is 1. The van der Waals surface area contributed by atoms with Gasteiger partial charge in [0, 0.05) is 56.9 Å². The molecule has 0 aliphatic carbocycles. The Morgan fingerprint density at radius 1 is 0.967 bits per heavy atom. The first-order chi connectivity index (χ1) is 14.5. The van der Waals surface area contributed by atoms with Gasteiger partial charge in [0.15, 0.2) is 0 Å². The Morgan fingerprint density at radius 2 is 1.67 bits per heavy atom. The number of amides is 2. The highest BCUT2D eigenvalue weighted by Gasteiger charge is 2.23. The van der Waals surface area contributed by atoms with Crippen LogP contribution < -0.4 is 15.1 Å². The molecule has 4 heterocycles. The van der Waals surface area contributed by atoms with Crippen LogP contribution in [-0.2, 0) is 0 Å². The average molecular weight is 410 g/mol. The normalized spacial score (nSPS) is 17.0. The minimum atomic E-state index is -0.0767. The molecule has 2 aliphatic rings. The molecule has 0 radical (unpaired) electrons. The number of piperazine rings is 1. The number of nitrogens with zero attached hydrogens (tertiary/aromatic N) is 6. The molecule has 4 rings (SSSR count). The van der Waals surface area contributed by atoms with Crippen molar-refractivity contribution >= 4 is 23.4 Å². The summed E-state index contributed by atoms with van der Waals surface area (Å²) >= 11 is 0. The van der Waals surface area contributed by atoms with E-state index in [1.807, 2.05) is 30.0 Å². The molecule has 2 amide bonds. The van der Waals surface area contributed by atoms with Crippen LogP contribution in [-0.4, -0.2) is 65.2 Å². The van der Waals surface area contributed by atoms with Gasteiger partial charge < -0.3 is 20.0 Å². The van der Waals surface area contributed by atoms with E-state index in [0.717, 1.165) is 55.0 Å². The maximum Gasteiger partial charge on any atom is 0.322 e. The van der Waals surface area contributed by atoms with Gasteiger partial charge in [0.1, 0.15) is 17.5 Å². The monoisotopic (exact) mass is 409 g/mol. The van der Waals surface area contributed by atoms with E-state index in [9.17, 15) is 4.79 Å². The van der Waals surface area contributed by atoms with Gasteiger partial charge in [-0.3, -0.25) is 0 Å². The molecule has 0 saturated carbocycles. The van der Waals surface area contributed by atoms with Crippen molar-refractivity contribution in [1.29, 1.82) is 0 Å². The largest absolute Gasteiger partial charge is 0.357 e. The maximum absolute atomic E-state index is 12.7. The topological polar surface area (TPSA) is 77.5 Å². The van der Waals surface area contributed by atoms with Crippen LogP contribution in [0.3, 0.4) is 0 Å². The Bertz CT molecular complexity index is 870. The Balaban J connectivity index is 1.32. The Labute approximate surface area is 178 Å². The van der Waals surface area contributed by atoms with Crippen LogP contribution in [0.5, 0.6) is 0 Å². The van der Waals surface area contributed by atoms with Crippen molar-refractivity contribution in [3.05, 3.63) is 35.9 Å². The van der Waals surface area contributed by atoms with Crippen LogP contribution in [0, 0.1) is 6.92 Å². The molecule has 1 N–H and O–H groups in total. The first-order valence-corrected chi connectivity index (χ1v) is 10.9. The number of nitrogens with one attached hydrogen (secondary N) is 1. The second-order valence-corrected chi connectivity index (χ2v) is 8.38. The fourth-order valence-corrected chi connectivity index (χ4v) is 3.93. The van der Waals surface area contributed by atoms with Crippen LogP contribution in [0.1, 0.15) is 44.1 Å². The number of pyridine rings is 1. The fraction of sp³-hybridized carbons (Fsp3) is 0.545. The molecule has 0 atom stereocenters. The summed E-state index contributed by atoms with van der Waals surface area (Å²) in [6.07, 6.45) is 4.19. The summed E-state index contributed by atoms with van der Waals surface area (Å²) in [5.74, 6) is 3.10. The minimum absolute atomic E-state index is 0.0767. The molecule has 0 spiro atoms. The summed E-state index contributed by atoms with van der Waals surface area (Å²) in [4.78, 5) is 32.8. The summed E-state index contributed by atoms with van der Waals surface area (Å²) < 4.78 is 0. The maximum atomic E-state index is 12.7. The molecular weight excluding hydrogens is 378 g/mol. The van der Waals surface area contributed by atoms with E-state index >= 15 is 0 Å². The predicted molar refractivity (Wildman–Crippen MR) is 119 cm³/mol. The van der Waals surface area contributed by atoms with Crippen molar-refractivity contribution in [3.63, 3.8) is 0 Å². The highest BCUT2D eigenvalue weighted by Crippen LogP contribution is 2.21. The van der Waals surface area contributed by atoms with Crippen molar-refractivity contribution in [2.24, 2.45) is 0 Å². The van der Waals surface area contributed by atoms with E-state index in [-0.39, 0.29) is 6.03 Å². The lowest BCUT2D eigenvalue weighted by molar-refractivity contribution is 0.208. The number of aryl methyl sites for hydroxylation is 1. The van der Waals surface area contributed by atoms with Crippen LogP contribution >= 0.6 is 0 Å². The highest BCUT2D eigenvalue weighted by molar-refractivity contribution is 5.89. The molecule has 0 aromatic carbocycles. The molecule has 0 unspecified atom stereocenters. The van der Waals surface area contributed by atoms with Gasteiger partial charge in [-0.1, -0.05) is 13.8 Å². The van der Waals surface area contributed by atoms with Gasteiger partial charge in [0.2, 0.25) is 0 Å². The average Bonchev–Trinajstić information content (AvgIpc) is 3.29. The van der Waals surface area contributed by atoms with Gasteiger partial charge in [-0.05, 0) is 31.9 Å². The molecule has 8 nitrogen and oxygen atoms in total. The number of carbonyl (C=O) groups excluding carboxylic acids is 1. The standard InChI is InChI=1S/C22H31N7O/c1-16(2)21-24-17(3)14-20(26-21)28-10-12-29(13-11-28)22(30)25-18-6-7-19(23-15-18)27-8-4-5-9-27/h6-7,14-16H,4-5,8-13H2,1-3H3,(H,25,30). The summed E-state index contributed by atoms with van der Waals surface area (Å²) in [6.45, 7) is 11.2. The number of anilines is 3. The van der Waals surface area contributed by atoms with E-state index in [1.54, 1.807) is 6.20 Å². The summed E-state index contributed by atoms with van der Waals surface area (Å²) in [7, 11) is 0. The van der Waals surface area contributed by atoms with E-state index in [0.29, 0.717) is 19.0 Å². The van der Waals surface area contributed by atoms with Gasteiger partial charge in [-0.2, -0.15) is 0 Å². The zero-order valence-electron chi connectivity index (χ0n) is 18.1. The lowest BCUT2D eigenvalue weighted by atomic mass is 10.2. The smallest absolute Gasteiger partial charge is 0.322 e. The van der Waals surface area contributed by atoms with E-state index in [1.165, 1.54) is 12.8 Å². The van der Waals surface area contributed by atoms with Crippen molar-refractivity contribution in [1.82, 2.24) is 19.9 Å². The van der Waals surface area contributed by atoms with Gasteiger partial charge in [0.25, 0.3) is 0 Å². The second kappa shape index (κ2) is 8.85. The Hall–Kier alpha value is -2.90. The SMILES string of the molecule is Cc1cc(N2CCN(C(=O)Nc3ccc(N4CCCC4)nc3)CC2)nc(C(C)C)n1. The zero-order chi connectivity index (χ0) is 21.1. The molecule has 0 bridgehead atoms. The summed E-state index contributed by atoms with van der Waals surface area (Å²) in [5, 5.41) is 2.98. The lowest BCUT2D eigenvalue weighted by Gasteiger charge is -2.35. The molecular formula is C22H31N7O. The van der Waals surface area contributed by atoms with E-state index < -0.39 is 0 Å². The molecule has 30 heavy (non-hydrogen) atoms. The quantitative estimate of drug-likeness (QED) is 0.835. The van der Waals surface area contributed by atoms with Crippen molar-refractivity contribution in [3.8, 4) is 0 Å². The number of urea groups is 1. The molecule has 8 heteroatoms. The van der Waals surface area contributed by atoms with Crippen LogP contribution in [0.4, 0.5) is 22.1 Å². The zero-order valence-corrected chi connectivity index (χ0v) is 18.1. The van der Waals surface area contributed by atoms with E-state index in [4.69, 9.17) is 4.98 Å². The molecule has 2 saturated heterocycles. The number of carbonyl (C=O) groups is 1. The van der Waals surface area contributed by atoms with Crippen LogP contribution in [0.25, 0.3) is 0 Å². The lowest BCUT2D eigenvalue weighted by Crippen LogP contribution is -2.50. The first kappa shape index (κ1) is 20.4. The van der Waals surface area contributed by atoms with Crippen molar-refractivity contribution in [2.75, 3.05) is 54.4 Å². The van der Waals surface area contributed by atoms with Gasteiger partial charge >= 0.3 is 6.03 Å². The fourth-order valence-electron chi connectivity index (χ4n) is 3.93. The van der Waals surface area contributed by atoms with Gasteiger partial charge in [-0.15, -0.1) is 0 Å². The number of aromatic nitrogens is 3. The van der Waals surface area contributed by atoms with Crippen molar-refractivity contribution < 1.29 is 4.79 Å². The predicted octanol–water partition coefficient (Wildman–Crippen LogP) is 3.26. The summed E-state index contributed by atoms with van der Waals surface area (Å²) in [6, 6.07) is 5.87. The first-order valence-electron chi connectivity index (χ1n) is 10.9. The number of rotatable bonds is 4. The molecule has 2 aromatic heterocycles. The van der Waals surface area contributed by atoms with Gasteiger partial charge in [-0.25, -0.2) is 19.7 Å². The second-order valence-electron chi connectivity index (χ2n) is 8.38. The molecule has 2 aliphatic heterocycles. The summed E-state index contributed by atoms with van der Waals surface area (Å²) in [5.41, 5.74) is 1.71. The number of hydrogen-bond acceptors (Lipinski definition) is 6. The minimum Gasteiger partial charge on any atom is -0.357 e. The van der Waals surface area contributed by atoms with Crippen LogP contribution in [0.2, 0.25) is 0 Å². The van der Waals surface area contributed by atoms with Crippen LogP contribution in [0.15, 0.2) is 24.4 Å². The van der Waals surface area contributed by atoms with Crippen molar-refractivity contribution in [2.45, 2.75) is 39.5 Å². The molecule has 2 aromatic rings. The highest BCUT2D eigenvalue weighted by atomic mass is 16.2. The Kier molecular flexibility index (Phi) is 6.01. The van der Waals surface area contributed by atoms with E-state index in [2.05, 4.69) is 38.9 Å². The van der Waals surface area contributed by atoms with Gasteiger partial charge in [0.05, 0.1) is 11.9 Å². The molecule has 160 valence electrons. The molecule has 2 fully saturated rings. The third-order valence-corrected chi connectivity index (χ3v) is 5.69. The third-order valence-electron chi connectivity index (χ3n) is 5.69. The third kappa shape index (κ3) is 4.63.